The van der Waals surface area contributed by atoms with Crippen LogP contribution in [0.1, 0.15) is 25.7 Å². The Morgan fingerprint density at radius 2 is 2.00 bits per heavy atom. The second kappa shape index (κ2) is 4.94. The van der Waals surface area contributed by atoms with Gasteiger partial charge in [-0.2, -0.15) is 0 Å². The Bertz CT molecular complexity index is 234. The molecule has 1 aliphatic heterocycles. The van der Waals surface area contributed by atoms with Gasteiger partial charge < -0.3 is 10.1 Å². The summed E-state index contributed by atoms with van der Waals surface area (Å²) in [6.45, 7) is 4.67. The zero-order valence-electron chi connectivity index (χ0n) is 9.52. The van der Waals surface area contributed by atoms with Crippen molar-refractivity contribution in [1.82, 2.24) is 9.80 Å². The first-order valence-corrected chi connectivity index (χ1v) is 5.92. The monoisotopic (exact) mass is 211 g/mol. The van der Waals surface area contributed by atoms with E-state index < -0.39 is 0 Å². The third-order valence-electron chi connectivity index (χ3n) is 3.67. The number of nitrogens with zero attached hydrogens (tertiary/aromatic N) is 3. The second-order valence-electron chi connectivity index (χ2n) is 4.76. The summed E-state index contributed by atoms with van der Waals surface area (Å²) in [6, 6.07) is 0.623. The van der Waals surface area contributed by atoms with Crippen LogP contribution in [-0.2, 0) is 0 Å². The zero-order chi connectivity index (χ0) is 10.7. The molecule has 15 heavy (non-hydrogen) atoms. The highest BCUT2D eigenvalue weighted by atomic mass is 16.4. The first-order chi connectivity index (χ1) is 7.29. The summed E-state index contributed by atoms with van der Waals surface area (Å²) in [5.41, 5.74) is 0.991. The second-order valence-corrected chi connectivity index (χ2v) is 4.76. The van der Waals surface area contributed by atoms with Crippen molar-refractivity contribution in [2.75, 3.05) is 33.2 Å². The molecule has 1 unspecified atom stereocenters. The van der Waals surface area contributed by atoms with E-state index in [1.165, 1.54) is 39.0 Å². The van der Waals surface area contributed by atoms with Crippen molar-refractivity contribution in [3.8, 4) is 0 Å². The van der Waals surface area contributed by atoms with Crippen LogP contribution in [0.3, 0.4) is 0 Å². The standard InChI is InChI=1S/C11H21N3O/c1-13-5-7-14(8-6-13)11-4-2-3-10(9-11)12-15/h11,15H,2-9H2,1H3/b12-10-. The third kappa shape index (κ3) is 2.69. The van der Waals surface area contributed by atoms with Crippen LogP contribution >= 0.6 is 0 Å². The van der Waals surface area contributed by atoms with Crippen molar-refractivity contribution in [2.45, 2.75) is 31.7 Å². The average molecular weight is 211 g/mol. The van der Waals surface area contributed by atoms with Gasteiger partial charge in [-0.05, 0) is 26.3 Å². The van der Waals surface area contributed by atoms with E-state index in [1.54, 1.807) is 0 Å². The Morgan fingerprint density at radius 1 is 1.27 bits per heavy atom. The number of rotatable bonds is 1. The normalized spacial score (nSPS) is 33.4. The minimum Gasteiger partial charge on any atom is -0.411 e. The molecule has 0 amide bonds. The molecule has 2 rings (SSSR count). The average Bonchev–Trinajstić information content (AvgIpc) is 2.30. The number of likely N-dealkylation sites (N-methyl/N-ethyl adjacent to an activating group) is 1. The lowest BCUT2D eigenvalue weighted by Crippen LogP contribution is -2.50. The van der Waals surface area contributed by atoms with Gasteiger partial charge in [0.05, 0.1) is 5.71 Å². The molecule has 1 atom stereocenters. The molecular weight excluding hydrogens is 190 g/mol. The molecule has 0 spiro atoms. The molecular formula is C11H21N3O. The highest BCUT2D eigenvalue weighted by molar-refractivity contribution is 5.85. The van der Waals surface area contributed by atoms with Crippen molar-refractivity contribution >= 4 is 5.71 Å². The van der Waals surface area contributed by atoms with Crippen LogP contribution in [0.4, 0.5) is 0 Å². The molecule has 1 saturated carbocycles. The van der Waals surface area contributed by atoms with E-state index in [2.05, 4.69) is 22.0 Å². The lowest BCUT2D eigenvalue weighted by atomic mass is 9.92. The molecule has 1 heterocycles. The number of oxime groups is 1. The van der Waals surface area contributed by atoms with Gasteiger partial charge in [0, 0.05) is 38.6 Å². The van der Waals surface area contributed by atoms with Crippen LogP contribution in [0, 0.1) is 0 Å². The van der Waals surface area contributed by atoms with Gasteiger partial charge in [-0.15, -0.1) is 0 Å². The van der Waals surface area contributed by atoms with E-state index in [-0.39, 0.29) is 0 Å². The van der Waals surface area contributed by atoms with Gasteiger partial charge >= 0.3 is 0 Å². The van der Waals surface area contributed by atoms with E-state index >= 15 is 0 Å². The molecule has 0 bridgehead atoms. The fourth-order valence-corrected chi connectivity index (χ4v) is 2.61. The minimum atomic E-state index is 0.623. The summed E-state index contributed by atoms with van der Waals surface area (Å²) in [7, 11) is 2.18. The van der Waals surface area contributed by atoms with Gasteiger partial charge in [-0.3, -0.25) is 4.90 Å². The summed E-state index contributed by atoms with van der Waals surface area (Å²) in [4.78, 5) is 4.94. The predicted molar refractivity (Wildman–Crippen MR) is 60.5 cm³/mol. The van der Waals surface area contributed by atoms with Crippen molar-refractivity contribution in [1.29, 1.82) is 0 Å². The summed E-state index contributed by atoms with van der Waals surface area (Å²) < 4.78 is 0. The maximum absolute atomic E-state index is 8.81. The van der Waals surface area contributed by atoms with E-state index in [4.69, 9.17) is 5.21 Å². The van der Waals surface area contributed by atoms with Crippen molar-refractivity contribution in [3.05, 3.63) is 0 Å². The van der Waals surface area contributed by atoms with Crippen molar-refractivity contribution < 1.29 is 5.21 Å². The maximum Gasteiger partial charge on any atom is 0.0586 e. The molecule has 1 N–H and O–H groups in total. The van der Waals surface area contributed by atoms with E-state index in [0.29, 0.717) is 6.04 Å². The number of hydrogen-bond acceptors (Lipinski definition) is 4. The highest BCUT2D eigenvalue weighted by Crippen LogP contribution is 2.21. The Balaban J connectivity index is 1.87. The molecule has 2 aliphatic rings. The molecule has 2 fully saturated rings. The fraction of sp³-hybridized carbons (Fsp3) is 0.909. The first kappa shape index (κ1) is 10.9. The molecule has 1 aliphatic carbocycles. The van der Waals surface area contributed by atoms with Crippen molar-refractivity contribution in [3.63, 3.8) is 0 Å². The number of piperazine rings is 1. The Labute approximate surface area is 91.5 Å². The molecule has 0 aromatic carbocycles. The van der Waals surface area contributed by atoms with Crippen molar-refractivity contribution in [2.24, 2.45) is 5.16 Å². The zero-order valence-corrected chi connectivity index (χ0v) is 9.52. The molecule has 4 heteroatoms. The lowest BCUT2D eigenvalue weighted by molar-refractivity contribution is 0.105. The topological polar surface area (TPSA) is 39.1 Å². The van der Waals surface area contributed by atoms with Gasteiger partial charge in [0.15, 0.2) is 0 Å². The summed E-state index contributed by atoms with van der Waals surface area (Å²) in [6.07, 6.45) is 4.40. The predicted octanol–water partition coefficient (Wildman–Crippen LogP) is 1.01. The van der Waals surface area contributed by atoms with Gasteiger partial charge in [-0.25, -0.2) is 0 Å². The van der Waals surface area contributed by atoms with Gasteiger partial charge in [0.25, 0.3) is 0 Å². The Morgan fingerprint density at radius 3 is 2.67 bits per heavy atom. The Hall–Kier alpha value is -0.610. The summed E-state index contributed by atoms with van der Waals surface area (Å²) in [5, 5.41) is 12.2. The third-order valence-corrected chi connectivity index (χ3v) is 3.67. The molecule has 4 nitrogen and oxygen atoms in total. The van der Waals surface area contributed by atoms with Crippen LogP contribution in [0.15, 0.2) is 5.16 Å². The van der Waals surface area contributed by atoms with E-state index in [1.807, 2.05) is 0 Å². The fourth-order valence-electron chi connectivity index (χ4n) is 2.61. The summed E-state index contributed by atoms with van der Waals surface area (Å²) >= 11 is 0. The highest BCUT2D eigenvalue weighted by Gasteiger charge is 2.26. The first-order valence-electron chi connectivity index (χ1n) is 5.92. The molecule has 0 aromatic heterocycles. The lowest BCUT2D eigenvalue weighted by Gasteiger charge is -2.39. The van der Waals surface area contributed by atoms with Gasteiger partial charge in [0.1, 0.15) is 0 Å². The maximum atomic E-state index is 8.81. The van der Waals surface area contributed by atoms with Crippen LogP contribution in [0.2, 0.25) is 0 Å². The molecule has 1 saturated heterocycles. The van der Waals surface area contributed by atoms with Crippen LogP contribution in [0.5, 0.6) is 0 Å². The SMILES string of the molecule is CN1CCN(C2CCC/C(=N/O)C2)CC1. The van der Waals surface area contributed by atoms with Gasteiger partial charge in [0.2, 0.25) is 0 Å². The van der Waals surface area contributed by atoms with Crippen LogP contribution in [-0.4, -0.2) is 60.0 Å². The molecule has 0 aromatic rings. The van der Waals surface area contributed by atoms with Crippen LogP contribution < -0.4 is 0 Å². The molecule has 86 valence electrons. The quantitative estimate of drug-likeness (QED) is 0.519. The van der Waals surface area contributed by atoms with E-state index in [9.17, 15) is 0 Å². The smallest absolute Gasteiger partial charge is 0.0586 e. The minimum absolute atomic E-state index is 0.623. The Kier molecular flexibility index (Phi) is 3.59. The molecule has 0 radical (unpaired) electrons. The number of hydrogen-bond donors (Lipinski definition) is 1. The van der Waals surface area contributed by atoms with E-state index in [0.717, 1.165) is 18.6 Å². The van der Waals surface area contributed by atoms with Crippen LogP contribution in [0.25, 0.3) is 0 Å². The largest absolute Gasteiger partial charge is 0.411 e. The van der Waals surface area contributed by atoms with Gasteiger partial charge in [-0.1, -0.05) is 5.16 Å². The summed E-state index contributed by atoms with van der Waals surface area (Å²) in [5.74, 6) is 0.